The number of esters is 1. The summed E-state index contributed by atoms with van der Waals surface area (Å²) in [6.07, 6.45) is 0.249. The zero-order valence-electron chi connectivity index (χ0n) is 17.0. The van der Waals surface area contributed by atoms with Gasteiger partial charge in [0.1, 0.15) is 5.75 Å². The summed E-state index contributed by atoms with van der Waals surface area (Å²) in [5.74, 6) is -0.627. The van der Waals surface area contributed by atoms with E-state index in [1.54, 1.807) is 44.2 Å². The summed E-state index contributed by atoms with van der Waals surface area (Å²) in [5, 5.41) is 2.88. The fraction of sp³-hybridized carbons (Fsp3) is 0.300. The molecule has 1 amide bonds. The van der Waals surface area contributed by atoms with Crippen molar-refractivity contribution in [3.8, 4) is 5.75 Å². The fourth-order valence-electron chi connectivity index (χ4n) is 2.40. The largest absolute Gasteiger partial charge is 0.481 e. The number of ether oxygens (including phenoxy) is 2. The molecular formula is C20H23ClN2O6S. The van der Waals surface area contributed by atoms with Gasteiger partial charge in [0, 0.05) is 12.7 Å². The number of nitrogens with zero attached hydrogens (tertiary/aromatic N) is 1. The van der Waals surface area contributed by atoms with Crippen LogP contribution in [0.4, 0.5) is 11.4 Å². The van der Waals surface area contributed by atoms with Crippen molar-refractivity contribution in [1.82, 2.24) is 0 Å². The molecule has 1 N–H and O–H groups in total. The van der Waals surface area contributed by atoms with Gasteiger partial charge < -0.3 is 14.8 Å². The highest BCUT2D eigenvalue weighted by atomic mass is 35.5. The minimum Gasteiger partial charge on any atom is -0.481 e. The molecule has 0 radical (unpaired) electrons. The third-order valence-corrected chi connectivity index (χ3v) is 5.64. The average Bonchev–Trinajstić information content (AvgIpc) is 2.68. The van der Waals surface area contributed by atoms with Crippen molar-refractivity contribution in [2.45, 2.75) is 20.0 Å². The van der Waals surface area contributed by atoms with Crippen LogP contribution in [-0.2, 0) is 19.6 Å². The van der Waals surface area contributed by atoms with Crippen LogP contribution in [0.5, 0.6) is 5.75 Å². The number of amides is 1. The summed E-state index contributed by atoms with van der Waals surface area (Å²) in [6, 6.07) is 10.8. The second kappa shape index (κ2) is 9.82. The topological polar surface area (TPSA) is 102 Å². The van der Waals surface area contributed by atoms with Gasteiger partial charge in [-0.3, -0.25) is 9.10 Å². The van der Waals surface area contributed by atoms with Gasteiger partial charge in [-0.25, -0.2) is 13.2 Å². The van der Waals surface area contributed by atoms with Gasteiger partial charge in [-0.15, -0.1) is 0 Å². The molecule has 0 saturated carbocycles. The molecule has 0 heterocycles. The van der Waals surface area contributed by atoms with Gasteiger partial charge in [0.15, 0.2) is 6.10 Å². The standard InChI is InChI=1S/C20H23ClN2O6S/c1-5-28-20(25)17-12-14(6-11-18(17)21)22-19(24)13(2)29-16-9-7-15(8-10-16)23(3)30(4,26)27/h6-13H,5H2,1-4H3,(H,22,24)/t13-/m0/s1. The molecule has 0 saturated heterocycles. The number of anilines is 2. The fourth-order valence-corrected chi connectivity index (χ4v) is 3.10. The van der Waals surface area contributed by atoms with Crippen molar-refractivity contribution in [2.75, 3.05) is 29.5 Å². The van der Waals surface area contributed by atoms with Crippen LogP contribution in [0.2, 0.25) is 5.02 Å². The lowest BCUT2D eigenvalue weighted by Crippen LogP contribution is -2.30. The molecule has 0 fully saturated rings. The van der Waals surface area contributed by atoms with Gasteiger partial charge in [-0.2, -0.15) is 0 Å². The Labute approximate surface area is 180 Å². The molecule has 0 spiro atoms. The van der Waals surface area contributed by atoms with E-state index in [1.165, 1.54) is 19.2 Å². The van der Waals surface area contributed by atoms with E-state index in [4.69, 9.17) is 21.1 Å². The van der Waals surface area contributed by atoms with Gasteiger partial charge in [0.2, 0.25) is 10.0 Å². The van der Waals surface area contributed by atoms with E-state index in [1.807, 2.05) is 0 Å². The van der Waals surface area contributed by atoms with Crippen molar-refractivity contribution in [2.24, 2.45) is 0 Å². The van der Waals surface area contributed by atoms with Crippen LogP contribution in [0, 0.1) is 0 Å². The molecule has 0 aliphatic heterocycles. The molecule has 0 aliphatic rings. The number of rotatable bonds is 8. The van der Waals surface area contributed by atoms with Crippen molar-refractivity contribution in [1.29, 1.82) is 0 Å². The Morgan fingerprint density at radius 2 is 1.80 bits per heavy atom. The monoisotopic (exact) mass is 454 g/mol. The van der Waals surface area contributed by atoms with Crippen LogP contribution in [0.25, 0.3) is 0 Å². The van der Waals surface area contributed by atoms with Crippen LogP contribution in [0.15, 0.2) is 42.5 Å². The maximum atomic E-state index is 12.4. The average molecular weight is 455 g/mol. The lowest BCUT2D eigenvalue weighted by atomic mass is 10.2. The molecule has 1 atom stereocenters. The van der Waals surface area contributed by atoms with E-state index >= 15 is 0 Å². The van der Waals surface area contributed by atoms with Crippen molar-refractivity contribution in [3.05, 3.63) is 53.1 Å². The van der Waals surface area contributed by atoms with Gasteiger partial charge in [-0.1, -0.05) is 11.6 Å². The normalized spacial score (nSPS) is 12.0. The summed E-state index contributed by atoms with van der Waals surface area (Å²) in [4.78, 5) is 24.4. The van der Waals surface area contributed by atoms with Gasteiger partial charge in [-0.05, 0) is 56.3 Å². The Hall–Kier alpha value is -2.78. The van der Waals surface area contributed by atoms with Crippen molar-refractivity contribution in [3.63, 3.8) is 0 Å². The Morgan fingerprint density at radius 1 is 1.17 bits per heavy atom. The molecule has 30 heavy (non-hydrogen) atoms. The molecule has 0 bridgehead atoms. The Morgan fingerprint density at radius 3 is 2.37 bits per heavy atom. The molecule has 162 valence electrons. The van der Waals surface area contributed by atoms with Crippen LogP contribution in [-0.4, -0.2) is 46.3 Å². The predicted molar refractivity (Wildman–Crippen MR) is 116 cm³/mol. The predicted octanol–water partition coefficient (Wildman–Crippen LogP) is 3.32. The van der Waals surface area contributed by atoms with E-state index < -0.39 is 28.0 Å². The lowest BCUT2D eigenvalue weighted by Gasteiger charge is -2.18. The van der Waals surface area contributed by atoms with Gasteiger partial charge in [0.05, 0.1) is 29.1 Å². The highest BCUT2D eigenvalue weighted by molar-refractivity contribution is 7.92. The number of nitrogens with one attached hydrogen (secondary N) is 1. The SMILES string of the molecule is CCOC(=O)c1cc(NC(=O)[C@H](C)Oc2ccc(N(C)S(C)(=O)=O)cc2)ccc1Cl. The molecule has 0 aliphatic carbocycles. The third kappa shape index (κ3) is 6.11. The first-order valence-corrected chi connectivity index (χ1v) is 11.2. The molecule has 10 heteroatoms. The van der Waals surface area contributed by atoms with E-state index in [0.29, 0.717) is 17.1 Å². The minimum absolute atomic E-state index is 0.149. The number of benzene rings is 2. The summed E-state index contributed by atoms with van der Waals surface area (Å²) in [5.41, 5.74) is 0.984. The Bertz CT molecular complexity index is 1020. The van der Waals surface area contributed by atoms with E-state index in [-0.39, 0.29) is 17.2 Å². The second-order valence-electron chi connectivity index (χ2n) is 6.39. The van der Waals surface area contributed by atoms with Crippen LogP contribution < -0.4 is 14.4 Å². The first-order chi connectivity index (χ1) is 14.0. The number of carbonyl (C=O) groups excluding carboxylic acids is 2. The highest BCUT2D eigenvalue weighted by Crippen LogP contribution is 2.23. The molecule has 0 aromatic heterocycles. The quantitative estimate of drug-likeness (QED) is 0.614. The number of carbonyl (C=O) groups is 2. The smallest absolute Gasteiger partial charge is 0.339 e. The van der Waals surface area contributed by atoms with Crippen LogP contribution in [0.1, 0.15) is 24.2 Å². The molecule has 2 rings (SSSR count). The number of hydrogen-bond donors (Lipinski definition) is 1. The zero-order valence-corrected chi connectivity index (χ0v) is 18.6. The minimum atomic E-state index is -3.37. The summed E-state index contributed by atoms with van der Waals surface area (Å²) in [7, 11) is -1.93. The number of sulfonamides is 1. The van der Waals surface area contributed by atoms with Crippen LogP contribution >= 0.6 is 11.6 Å². The first kappa shape index (κ1) is 23.5. The van der Waals surface area contributed by atoms with E-state index in [0.717, 1.165) is 10.6 Å². The molecule has 2 aromatic rings. The molecular weight excluding hydrogens is 432 g/mol. The summed E-state index contributed by atoms with van der Waals surface area (Å²) >= 11 is 6.02. The van der Waals surface area contributed by atoms with E-state index in [2.05, 4.69) is 5.32 Å². The highest BCUT2D eigenvalue weighted by Gasteiger charge is 2.18. The number of hydrogen-bond acceptors (Lipinski definition) is 6. The van der Waals surface area contributed by atoms with Gasteiger partial charge in [0.25, 0.3) is 5.91 Å². The van der Waals surface area contributed by atoms with Crippen molar-refractivity contribution < 1.29 is 27.5 Å². The maximum Gasteiger partial charge on any atom is 0.339 e. The number of halogens is 1. The lowest BCUT2D eigenvalue weighted by molar-refractivity contribution is -0.122. The summed E-state index contributed by atoms with van der Waals surface area (Å²) < 4.78 is 34.9. The zero-order chi connectivity index (χ0) is 22.5. The first-order valence-electron chi connectivity index (χ1n) is 9.01. The summed E-state index contributed by atoms with van der Waals surface area (Å²) in [6.45, 7) is 3.45. The second-order valence-corrected chi connectivity index (χ2v) is 8.81. The maximum absolute atomic E-state index is 12.4. The Kier molecular flexibility index (Phi) is 7.69. The van der Waals surface area contributed by atoms with Crippen LogP contribution in [0.3, 0.4) is 0 Å². The van der Waals surface area contributed by atoms with Gasteiger partial charge >= 0.3 is 5.97 Å². The Balaban J connectivity index is 2.05. The third-order valence-electron chi connectivity index (χ3n) is 4.11. The molecule has 0 unspecified atom stereocenters. The van der Waals surface area contributed by atoms with E-state index in [9.17, 15) is 18.0 Å². The van der Waals surface area contributed by atoms with Crippen molar-refractivity contribution >= 4 is 44.9 Å². The molecule has 2 aromatic carbocycles. The molecule has 8 nitrogen and oxygen atoms in total.